The number of thiazole rings is 1. The van der Waals surface area contributed by atoms with E-state index in [1.165, 1.54) is 4.90 Å². The number of esters is 1. The van der Waals surface area contributed by atoms with E-state index >= 15 is 0 Å². The number of nitrogens with zero attached hydrogens (tertiary/aromatic N) is 2. The quantitative estimate of drug-likeness (QED) is 0.426. The van der Waals surface area contributed by atoms with Crippen molar-refractivity contribution in [3.8, 4) is 10.4 Å². The van der Waals surface area contributed by atoms with E-state index in [2.05, 4.69) is 15.6 Å². The largest absolute Gasteiger partial charge is 0.465 e. The second-order valence-electron chi connectivity index (χ2n) is 10.5. The van der Waals surface area contributed by atoms with Crippen LogP contribution in [0.2, 0.25) is 0 Å². The van der Waals surface area contributed by atoms with Crippen molar-refractivity contribution in [2.24, 2.45) is 5.41 Å². The fourth-order valence-electron chi connectivity index (χ4n) is 4.53. The third-order valence-corrected chi connectivity index (χ3v) is 7.49. The van der Waals surface area contributed by atoms with Gasteiger partial charge in [0, 0.05) is 13.0 Å². The fourth-order valence-corrected chi connectivity index (χ4v) is 5.34. The van der Waals surface area contributed by atoms with Crippen LogP contribution in [0, 0.1) is 12.3 Å². The van der Waals surface area contributed by atoms with Gasteiger partial charge in [-0.2, -0.15) is 0 Å². The zero-order chi connectivity index (χ0) is 27.3. The number of amides is 2. The van der Waals surface area contributed by atoms with Crippen LogP contribution in [0.3, 0.4) is 0 Å². The molecule has 1 aromatic heterocycles. The van der Waals surface area contributed by atoms with Gasteiger partial charge >= 0.3 is 5.97 Å². The van der Waals surface area contributed by atoms with E-state index in [1.54, 1.807) is 18.3 Å². The highest BCUT2D eigenvalue weighted by molar-refractivity contribution is 7.13. The van der Waals surface area contributed by atoms with Crippen molar-refractivity contribution in [2.45, 2.75) is 72.2 Å². The maximum atomic E-state index is 13.6. The lowest BCUT2D eigenvalue weighted by molar-refractivity contribution is -0.145. The molecule has 2 aromatic rings. The van der Waals surface area contributed by atoms with Gasteiger partial charge in [0.15, 0.2) is 0 Å². The predicted octanol–water partition coefficient (Wildman–Crippen LogP) is 2.82. The highest BCUT2D eigenvalue weighted by atomic mass is 32.1. The van der Waals surface area contributed by atoms with E-state index < -0.39 is 29.6 Å². The summed E-state index contributed by atoms with van der Waals surface area (Å²) in [6.07, 6.45) is -0.648. The molecule has 37 heavy (non-hydrogen) atoms. The summed E-state index contributed by atoms with van der Waals surface area (Å²) < 4.78 is 4.97. The average molecular weight is 531 g/mol. The van der Waals surface area contributed by atoms with Gasteiger partial charge in [0.1, 0.15) is 6.04 Å². The summed E-state index contributed by atoms with van der Waals surface area (Å²) in [6, 6.07) is 6.13. The molecular formula is C27H38N4O5S. The summed E-state index contributed by atoms with van der Waals surface area (Å²) >= 11 is 1.59. The molecule has 10 heteroatoms. The minimum Gasteiger partial charge on any atom is -0.465 e. The molecule has 1 aliphatic rings. The Morgan fingerprint density at radius 3 is 2.49 bits per heavy atom. The standard InChI is InChI=1S/C27H38N4O5S/c1-7-36-22(33)13-28-24(27(4,5)6)26(35)31-14-20(32)12-21(31)25(34)30-16(2)18-8-10-19(11-9-18)23-17(3)29-15-37-23/h8-11,15-16,20-21,24,28,32H,7,12-14H2,1-6H3,(H,30,34)/t16-,20+,21-,24+/m0/s1. The van der Waals surface area contributed by atoms with E-state index in [-0.39, 0.29) is 44.0 Å². The number of benzene rings is 1. The Hall–Kier alpha value is -2.82. The van der Waals surface area contributed by atoms with Crippen LogP contribution in [-0.4, -0.2) is 70.7 Å². The molecule has 1 aliphatic heterocycles. The first kappa shape index (κ1) is 28.7. The molecule has 1 aromatic carbocycles. The zero-order valence-electron chi connectivity index (χ0n) is 22.4. The molecule has 1 fully saturated rings. The summed E-state index contributed by atoms with van der Waals surface area (Å²) in [4.78, 5) is 45.6. The van der Waals surface area contributed by atoms with Crippen LogP contribution in [0.25, 0.3) is 10.4 Å². The van der Waals surface area contributed by atoms with Crippen LogP contribution in [0.5, 0.6) is 0 Å². The van der Waals surface area contributed by atoms with Crippen LogP contribution >= 0.6 is 11.3 Å². The number of hydrogen-bond donors (Lipinski definition) is 3. The smallest absolute Gasteiger partial charge is 0.319 e. The lowest BCUT2D eigenvalue weighted by Gasteiger charge is -2.35. The van der Waals surface area contributed by atoms with E-state index in [4.69, 9.17) is 4.74 Å². The van der Waals surface area contributed by atoms with Gasteiger partial charge < -0.3 is 20.1 Å². The molecule has 3 N–H and O–H groups in total. The van der Waals surface area contributed by atoms with Gasteiger partial charge in [-0.05, 0) is 37.3 Å². The summed E-state index contributed by atoms with van der Waals surface area (Å²) in [5.74, 6) is -1.10. The normalized spacial score (nSPS) is 19.4. The van der Waals surface area contributed by atoms with Gasteiger partial charge in [0.25, 0.3) is 0 Å². The second kappa shape index (κ2) is 12.1. The van der Waals surface area contributed by atoms with E-state index in [0.717, 1.165) is 21.7 Å². The molecule has 0 bridgehead atoms. The highest BCUT2D eigenvalue weighted by Gasteiger charge is 2.44. The van der Waals surface area contributed by atoms with Crippen molar-refractivity contribution in [1.82, 2.24) is 20.5 Å². The molecule has 0 saturated carbocycles. The molecule has 2 heterocycles. The van der Waals surface area contributed by atoms with E-state index in [0.29, 0.717) is 0 Å². The minimum atomic E-state index is -0.807. The monoisotopic (exact) mass is 530 g/mol. The number of aryl methyl sites for hydroxylation is 1. The molecule has 0 unspecified atom stereocenters. The van der Waals surface area contributed by atoms with Crippen molar-refractivity contribution in [3.05, 3.63) is 41.0 Å². The Labute approximate surface area is 222 Å². The number of aliphatic hydroxyl groups excluding tert-OH is 1. The summed E-state index contributed by atoms with van der Waals surface area (Å²) in [7, 11) is 0. The number of hydrogen-bond acceptors (Lipinski definition) is 8. The second-order valence-corrected chi connectivity index (χ2v) is 11.4. The molecule has 4 atom stereocenters. The van der Waals surface area contributed by atoms with Gasteiger partial charge in [-0.15, -0.1) is 11.3 Å². The molecule has 1 saturated heterocycles. The Kier molecular flexibility index (Phi) is 9.44. The number of carbonyl (C=O) groups is 3. The fraction of sp³-hybridized carbons (Fsp3) is 0.556. The Morgan fingerprint density at radius 2 is 1.92 bits per heavy atom. The highest BCUT2D eigenvalue weighted by Crippen LogP contribution is 2.29. The molecule has 0 radical (unpaired) electrons. The maximum Gasteiger partial charge on any atom is 0.319 e. The van der Waals surface area contributed by atoms with Gasteiger partial charge in [0.2, 0.25) is 11.8 Å². The third-order valence-electron chi connectivity index (χ3n) is 6.51. The van der Waals surface area contributed by atoms with Crippen LogP contribution in [0.1, 0.15) is 58.3 Å². The van der Waals surface area contributed by atoms with Crippen molar-refractivity contribution >= 4 is 29.1 Å². The van der Waals surface area contributed by atoms with Crippen LogP contribution in [0.15, 0.2) is 29.8 Å². The number of ether oxygens (including phenoxy) is 1. The first-order chi connectivity index (χ1) is 17.4. The third kappa shape index (κ3) is 7.15. The maximum absolute atomic E-state index is 13.6. The van der Waals surface area contributed by atoms with E-state index in [9.17, 15) is 19.5 Å². The van der Waals surface area contributed by atoms with Crippen molar-refractivity contribution in [2.75, 3.05) is 19.7 Å². The SMILES string of the molecule is CCOC(=O)CN[C@H](C(=O)N1C[C@H](O)C[C@H]1C(=O)N[C@@H](C)c1ccc(-c2scnc2C)cc1)C(C)(C)C. The summed E-state index contributed by atoms with van der Waals surface area (Å²) in [6.45, 7) is 11.4. The van der Waals surface area contributed by atoms with Crippen molar-refractivity contribution < 1.29 is 24.2 Å². The first-order valence-corrected chi connectivity index (χ1v) is 13.5. The van der Waals surface area contributed by atoms with Crippen molar-refractivity contribution in [3.63, 3.8) is 0 Å². The number of carbonyl (C=O) groups excluding carboxylic acids is 3. The van der Waals surface area contributed by atoms with Gasteiger partial charge in [-0.25, -0.2) is 4.98 Å². The summed E-state index contributed by atoms with van der Waals surface area (Å²) in [5.41, 5.74) is 4.26. The van der Waals surface area contributed by atoms with Crippen LogP contribution in [-0.2, 0) is 19.1 Å². The van der Waals surface area contributed by atoms with E-state index in [1.807, 2.05) is 64.4 Å². The number of rotatable bonds is 9. The molecule has 0 spiro atoms. The molecule has 3 rings (SSSR count). The molecule has 9 nitrogen and oxygen atoms in total. The van der Waals surface area contributed by atoms with Gasteiger partial charge in [-0.1, -0.05) is 45.0 Å². The minimum absolute atomic E-state index is 0.0574. The Bertz CT molecular complexity index is 1090. The van der Waals surface area contributed by atoms with Crippen LogP contribution < -0.4 is 10.6 Å². The number of aliphatic hydroxyl groups is 1. The Balaban J connectivity index is 1.70. The zero-order valence-corrected chi connectivity index (χ0v) is 23.2. The van der Waals surface area contributed by atoms with Crippen molar-refractivity contribution in [1.29, 1.82) is 0 Å². The number of β-amino-alcohol motifs (C(OH)–C–C–N with tert-alkyl or cyclic N) is 1. The molecular weight excluding hydrogens is 492 g/mol. The average Bonchev–Trinajstić information content (AvgIpc) is 3.44. The van der Waals surface area contributed by atoms with Gasteiger partial charge in [0.05, 0.1) is 47.4 Å². The lowest BCUT2D eigenvalue weighted by Crippen LogP contribution is -2.57. The topological polar surface area (TPSA) is 121 Å². The number of aromatic nitrogens is 1. The predicted molar refractivity (Wildman–Crippen MR) is 143 cm³/mol. The lowest BCUT2D eigenvalue weighted by atomic mass is 9.85. The number of nitrogens with one attached hydrogen (secondary N) is 2. The summed E-state index contributed by atoms with van der Waals surface area (Å²) in [5, 5.41) is 16.4. The van der Waals surface area contributed by atoms with Gasteiger partial charge in [-0.3, -0.25) is 19.7 Å². The molecule has 2 amide bonds. The van der Waals surface area contributed by atoms with Crippen LogP contribution in [0.4, 0.5) is 0 Å². The first-order valence-electron chi connectivity index (χ1n) is 12.6. The molecule has 0 aliphatic carbocycles. The Morgan fingerprint density at radius 1 is 1.24 bits per heavy atom. The molecule has 202 valence electrons. The number of likely N-dealkylation sites (tertiary alicyclic amines) is 1.